The number of carboxylic acids is 1. The fourth-order valence-electron chi connectivity index (χ4n) is 3.61. The number of likely N-dealkylation sites (tertiary alicyclic amines) is 1. The van der Waals surface area contributed by atoms with Crippen LogP contribution in [0.3, 0.4) is 0 Å². The first-order valence-corrected chi connectivity index (χ1v) is 8.24. The van der Waals surface area contributed by atoms with Crippen molar-refractivity contribution in [1.29, 1.82) is 0 Å². The van der Waals surface area contributed by atoms with E-state index in [0.29, 0.717) is 6.42 Å². The number of hydrogen-bond donors (Lipinski definition) is 1. The lowest BCUT2D eigenvalue weighted by Gasteiger charge is -2.35. The maximum Gasteiger partial charge on any atom is 0.303 e. The number of hydrogen-bond acceptors (Lipinski definition) is 3. The molecule has 120 valence electrons. The molecule has 0 aromatic carbocycles. The summed E-state index contributed by atoms with van der Waals surface area (Å²) in [4.78, 5) is 25.6. The van der Waals surface area contributed by atoms with Crippen molar-refractivity contribution >= 4 is 11.9 Å². The second-order valence-corrected chi connectivity index (χ2v) is 6.27. The van der Waals surface area contributed by atoms with Gasteiger partial charge in [0.25, 0.3) is 5.91 Å². The highest BCUT2D eigenvalue weighted by Gasteiger charge is 2.30. The van der Waals surface area contributed by atoms with Gasteiger partial charge in [-0.05, 0) is 44.9 Å². The van der Waals surface area contributed by atoms with Gasteiger partial charge in [-0.1, -0.05) is 0 Å². The molecule has 1 saturated heterocycles. The minimum Gasteiger partial charge on any atom is -0.481 e. The van der Waals surface area contributed by atoms with Crippen molar-refractivity contribution in [2.45, 2.75) is 64.0 Å². The zero-order chi connectivity index (χ0) is 15.5. The standard InChI is InChI=1S/C16H23N3O3/c20-15(21)8-7-12-5-1-3-9-18(12)16(22)13-11-17-19-10-4-2-6-14(13)19/h11-12H,1-10H2,(H,20,21). The van der Waals surface area contributed by atoms with Crippen LogP contribution in [0.5, 0.6) is 0 Å². The summed E-state index contributed by atoms with van der Waals surface area (Å²) in [5.41, 5.74) is 1.78. The van der Waals surface area contributed by atoms with E-state index in [0.717, 1.165) is 62.9 Å². The summed E-state index contributed by atoms with van der Waals surface area (Å²) >= 11 is 0. The van der Waals surface area contributed by atoms with Crippen molar-refractivity contribution in [2.75, 3.05) is 6.54 Å². The van der Waals surface area contributed by atoms with Gasteiger partial charge in [0.2, 0.25) is 0 Å². The van der Waals surface area contributed by atoms with Crippen LogP contribution in [0.1, 0.15) is 61.0 Å². The Hall–Kier alpha value is -1.85. The van der Waals surface area contributed by atoms with Crippen LogP contribution in [0.4, 0.5) is 0 Å². The van der Waals surface area contributed by atoms with E-state index in [-0.39, 0.29) is 18.4 Å². The average molecular weight is 305 g/mol. The number of carbonyl (C=O) groups excluding carboxylic acids is 1. The summed E-state index contributed by atoms with van der Waals surface area (Å²) in [6.07, 6.45) is 8.48. The molecular weight excluding hydrogens is 282 g/mol. The fourth-order valence-corrected chi connectivity index (χ4v) is 3.61. The average Bonchev–Trinajstić information content (AvgIpc) is 2.96. The molecule has 3 heterocycles. The Kier molecular flexibility index (Phi) is 4.45. The molecule has 1 unspecified atom stereocenters. The lowest BCUT2D eigenvalue weighted by Crippen LogP contribution is -2.44. The Bertz CT molecular complexity index is 567. The Morgan fingerprint density at radius 1 is 1.23 bits per heavy atom. The lowest BCUT2D eigenvalue weighted by molar-refractivity contribution is -0.137. The Labute approximate surface area is 130 Å². The molecule has 22 heavy (non-hydrogen) atoms. The molecule has 3 rings (SSSR count). The molecular formula is C16H23N3O3. The molecule has 0 aliphatic carbocycles. The topological polar surface area (TPSA) is 75.4 Å². The van der Waals surface area contributed by atoms with Gasteiger partial charge in [-0.25, -0.2) is 0 Å². The van der Waals surface area contributed by atoms with Crippen LogP contribution in [0.2, 0.25) is 0 Å². The molecule has 1 N–H and O–H groups in total. The molecule has 1 aromatic rings. The smallest absolute Gasteiger partial charge is 0.303 e. The molecule has 0 spiro atoms. The van der Waals surface area contributed by atoms with E-state index < -0.39 is 5.97 Å². The van der Waals surface area contributed by atoms with Gasteiger partial charge in [0, 0.05) is 25.6 Å². The van der Waals surface area contributed by atoms with E-state index in [9.17, 15) is 9.59 Å². The lowest BCUT2D eigenvalue weighted by atomic mass is 9.96. The van der Waals surface area contributed by atoms with Crippen molar-refractivity contribution < 1.29 is 14.7 Å². The highest BCUT2D eigenvalue weighted by Crippen LogP contribution is 2.26. The van der Waals surface area contributed by atoms with Gasteiger partial charge >= 0.3 is 5.97 Å². The second kappa shape index (κ2) is 6.50. The van der Waals surface area contributed by atoms with Crippen LogP contribution in [0.25, 0.3) is 0 Å². The zero-order valence-electron chi connectivity index (χ0n) is 12.8. The first kappa shape index (κ1) is 15.1. The van der Waals surface area contributed by atoms with Crippen molar-refractivity contribution in [3.63, 3.8) is 0 Å². The van der Waals surface area contributed by atoms with Crippen LogP contribution in [0, 0.1) is 0 Å². The maximum absolute atomic E-state index is 12.9. The molecule has 0 radical (unpaired) electrons. The van der Waals surface area contributed by atoms with E-state index in [2.05, 4.69) is 5.10 Å². The molecule has 6 heteroatoms. The van der Waals surface area contributed by atoms with Gasteiger partial charge in [-0.2, -0.15) is 5.10 Å². The van der Waals surface area contributed by atoms with E-state index in [1.807, 2.05) is 9.58 Å². The summed E-state index contributed by atoms with van der Waals surface area (Å²) in [6.45, 7) is 1.62. The number of carboxylic acid groups (broad SMARTS) is 1. The number of piperidine rings is 1. The van der Waals surface area contributed by atoms with Crippen molar-refractivity contribution in [3.05, 3.63) is 17.5 Å². The largest absolute Gasteiger partial charge is 0.481 e. The second-order valence-electron chi connectivity index (χ2n) is 6.27. The van der Waals surface area contributed by atoms with Crippen LogP contribution in [-0.4, -0.2) is 44.3 Å². The van der Waals surface area contributed by atoms with Gasteiger partial charge in [-0.3, -0.25) is 14.3 Å². The predicted molar refractivity (Wildman–Crippen MR) is 80.7 cm³/mol. The van der Waals surface area contributed by atoms with Crippen molar-refractivity contribution in [1.82, 2.24) is 14.7 Å². The summed E-state index contributed by atoms with van der Waals surface area (Å²) in [7, 11) is 0. The van der Waals surface area contributed by atoms with Gasteiger partial charge in [-0.15, -0.1) is 0 Å². The minimum atomic E-state index is -0.791. The number of aliphatic carboxylic acids is 1. The predicted octanol–water partition coefficient (Wildman–Crippen LogP) is 2.08. The molecule has 6 nitrogen and oxygen atoms in total. The van der Waals surface area contributed by atoms with Gasteiger partial charge < -0.3 is 10.0 Å². The summed E-state index contributed by atoms with van der Waals surface area (Å²) in [6, 6.07) is 0.0523. The Balaban J connectivity index is 1.76. The number of fused-ring (bicyclic) bond motifs is 1. The number of aryl methyl sites for hydroxylation is 1. The van der Waals surface area contributed by atoms with Crippen LogP contribution in [0.15, 0.2) is 6.20 Å². The highest BCUT2D eigenvalue weighted by atomic mass is 16.4. The molecule has 0 bridgehead atoms. The molecule has 2 aliphatic rings. The zero-order valence-corrected chi connectivity index (χ0v) is 12.8. The molecule has 1 aromatic heterocycles. The molecule has 0 saturated carbocycles. The number of nitrogens with zero attached hydrogens (tertiary/aromatic N) is 3. The highest BCUT2D eigenvalue weighted by molar-refractivity contribution is 5.95. The number of carbonyl (C=O) groups is 2. The molecule has 1 amide bonds. The van der Waals surface area contributed by atoms with Crippen molar-refractivity contribution in [2.24, 2.45) is 0 Å². The first-order valence-electron chi connectivity index (χ1n) is 8.24. The molecule has 1 atom stereocenters. The number of amides is 1. The quantitative estimate of drug-likeness (QED) is 0.924. The van der Waals surface area contributed by atoms with E-state index in [4.69, 9.17) is 5.11 Å². The fraction of sp³-hybridized carbons (Fsp3) is 0.688. The third-order valence-electron chi connectivity index (χ3n) is 4.79. The van der Waals surface area contributed by atoms with E-state index in [1.165, 1.54) is 0 Å². The first-order chi connectivity index (χ1) is 10.7. The third-order valence-corrected chi connectivity index (χ3v) is 4.79. The van der Waals surface area contributed by atoms with Crippen LogP contribution >= 0.6 is 0 Å². The third kappa shape index (κ3) is 3.00. The Morgan fingerprint density at radius 2 is 2.05 bits per heavy atom. The van der Waals surface area contributed by atoms with Gasteiger partial charge in [0.05, 0.1) is 17.5 Å². The minimum absolute atomic E-state index is 0.0400. The monoisotopic (exact) mass is 305 g/mol. The summed E-state index contributed by atoms with van der Waals surface area (Å²) in [5, 5.41) is 13.2. The maximum atomic E-state index is 12.9. The van der Waals surface area contributed by atoms with Crippen LogP contribution in [-0.2, 0) is 17.8 Å². The summed E-state index contributed by atoms with van der Waals surface area (Å²) in [5.74, 6) is -0.751. The normalized spacial score (nSPS) is 21.5. The van der Waals surface area contributed by atoms with Gasteiger partial charge in [0.1, 0.15) is 0 Å². The van der Waals surface area contributed by atoms with E-state index >= 15 is 0 Å². The SMILES string of the molecule is O=C(O)CCC1CCCCN1C(=O)c1cnn2c1CCCC2. The Morgan fingerprint density at radius 3 is 2.86 bits per heavy atom. The van der Waals surface area contributed by atoms with Crippen LogP contribution < -0.4 is 0 Å². The van der Waals surface area contributed by atoms with Crippen molar-refractivity contribution in [3.8, 4) is 0 Å². The van der Waals surface area contributed by atoms with Gasteiger partial charge in [0.15, 0.2) is 0 Å². The molecule has 2 aliphatic heterocycles. The number of rotatable bonds is 4. The van der Waals surface area contributed by atoms with E-state index in [1.54, 1.807) is 6.20 Å². The summed E-state index contributed by atoms with van der Waals surface area (Å²) < 4.78 is 1.95. The molecule has 1 fully saturated rings. The number of aromatic nitrogens is 2.